The van der Waals surface area contributed by atoms with Gasteiger partial charge >= 0.3 is 0 Å². The van der Waals surface area contributed by atoms with Gasteiger partial charge in [0.05, 0.1) is 4.91 Å². The van der Waals surface area contributed by atoms with Crippen LogP contribution in [-0.2, 0) is 4.79 Å². The smallest absolute Gasteiger partial charge is 0.266 e. The highest BCUT2D eigenvalue weighted by molar-refractivity contribution is 8.26. The van der Waals surface area contributed by atoms with Crippen molar-refractivity contribution in [2.45, 2.75) is 0 Å². The van der Waals surface area contributed by atoms with Gasteiger partial charge in [-0.05, 0) is 36.0 Å². The first-order valence-electron chi connectivity index (χ1n) is 7.07. The highest BCUT2D eigenvalue weighted by Crippen LogP contribution is 2.33. The van der Waals surface area contributed by atoms with Crippen molar-refractivity contribution >= 4 is 72.4 Å². The second kappa shape index (κ2) is 6.60. The molecule has 1 aliphatic rings. The van der Waals surface area contributed by atoms with Crippen LogP contribution in [0, 0.1) is 0 Å². The molecule has 2 aromatic carbocycles. The molecule has 0 saturated carbocycles. The van der Waals surface area contributed by atoms with Crippen LogP contribution in [0.2, 0.25) is 0 Å². The highest BCUT2D eigenvalue weighted by Gasteiger charge is 2.32. The van der Waals surface area contributed by atoms with Gasteiger partial charge in [0.2, 0.25) is 0 Å². The van der Waals surface area contributed by atoms with E-state index in [2.05, 4.69) is 17.2 Å². The first kappa shape index (κ1) is 15.7. The standard InChI is InChI=1S/C17H10N2OS4/c20-15-14(10-11-6-2-1-3-7-11)24-17(21)19(15)18-16-22-12-8-4-5-9-13(12)23-16/h1-10H. The predicted octanol–water partition coefficient (Wildman–Crippen LogP) is 4.68. The summed E-state index contributed by atoms with van der Waals surface area (Å²) in [6.45, 7) is 0. The van der Waals surface area contributed by atoms with Crippen LogP contribution in [0.15, 0.2) is 64.6 Å². The maximum atomic E-state index is 12.6. The molecule has 7 heteroatoms. The third kappa shape index (κ3) is 3.08. The molecule has 0 radical (unpaired) electrons. The van der Waals surface area contributed by atoms with Gasteiger partial charge in [-0.3, -0.25) is 4.79 Å². The van der Waals surface area contributed by atoms with Crippen LogP contribution in [0.4, 0.5) is 0 Å². The molecule has 1 amide bonds. The molecule has 1 aliphatic heterocycles. The molecule has 0 N–H and O–H groups in total. The van der Waals surface area contributed by atoms with Crippen LogP contribution in [0.3, 0.4) is 0 Å². The van der Waals surface area contributed by atoms with Crippen molar-refractivity contribution in [3.05, 3.63) is 69.1 Å². The Labute approximate surface area is 155 Å². The van der Waals surface area contributed by atoms with Crippen LogP contribution < -0.4 is 3.98 Å². The molecule has 1 saturated heterocycles. The number of benzene rings is 2. The van der Waals surface area contributed by atoms with Gasteiger partial charge in [-0.25, -0.2) is 0 Å². The van der Waals surface area contributed by atoms with E-state index < -0.39 is 0 Å². The largest absolute Gasteiger partial charge is 0.286 e. The van der Waals surface area contributed by atoms with Crippen LogP contribution in [-0.4, -0.2) is 15.2 Å². The summed E-state index contributed by atoms with van der Waals surface area (Å²) in [5.41, 5.74) is 0.975. The van der Waals surface area contributed by atoms with Crippen molar-refractivity contribution in [2.24, 2.45) is 5.10 Å². The topological polar surface area (TPSA) is 32.7 Å². The zero-order valence-electron chi connectivity index (χ0n) is 12.2. The monoisotopic (exact) mass is 386 g/mol. The summed E-state index contributed by atoms with van der Waals surface area (Å²) < 4.78 is 3.60. The minimum atomic E-state index is -0.168. The van der Waals surface area contributed by atoms with Gasteiger partial charge < -0.3 is 0 Å². The van der Waals surface area contributed by atoms with E-state index in [-0.39, 0.29) is 5.91 Å². The average molecular weight is 387 g/mol. The third-order valence-corrected chi connectivity index (χ3v) is 6.87. The molecule has 0 spiro atoms. The number of rotatable bonds is 2. The minimum absolute atomic E-state index is 0.168. The molecule has 0 unspecified atom stereocenters. The Hall–Kier alpha value is -1.80. The Morgan fingerprint density at radius 1 is 0.958 bits per heavy atom. The maximum absolute atomic E-state index is 12.6. The van der Waals surface area contributed by atoms with E-state index in [1.165, 1.54) is 16.8 Å². The second-order valence-corrected chi connectivity index (χ2v) is 8.92. The zero-order chi connectivity index (χ0) is 16.5. The van der Waals surface area contributed by atoms with Crippen molar-refractivity contribution < 1.29 is 4.79 Å². The van der Waals surface area contributed by atoms with E-state index in [1.54, 1.807) is 22.7 Å². The molecule has 0 aliphatic carbocycles. The van der Waals surface area contributed by atoms with Gasteiger partial charge in [-0.2, -0.15) is 5.01 Å². The SMILES string of the molecule is O=C1C(=Cc2ccccc2)SC(=S)N1N=c1sc2ccccc2s1. The Bertz CT molecular complexity index is 997. The van der Waals surface area contributed by atoms with Gasteiger partial charge in [0, 0.05) is 9.40 Å². The fraction of sp³-hybridized carbons (Fsp3) is 0. The Balaban J connectivity index is 1.69. The molecule has 2 heterocycles. The quantitative estimate of drug-likeness (QED) is 0.473. The van der Waals surface area contributed by atoms with Crippen molar-refractivity contribution in [2.75, 3.05) is 0 Å². The molecule has 3 aromatic rings. The van der Waals surface area contributed by atoms with Crippen LogP contribution in [0.1, 0.15) is 5.56 Å². The van der Waals surface area contributed by atoms with Crippen molar-refractivity contribution in [3.63, 3.8) is 0 Å². The van der Waals surface area contributed by atoms with E-state index in [4.69, 9.17) is 12.2 Å². The number of thioether (sulfide) groups is 1. The molecule has 0 bridgehead atoms. The highest BCUT2D eigenvalue weighted by atomic mass is 32.2. The molecule has 1 aromatic heterocycles. The van der Waals surface area contributed by atoms with Gasteiger partial charge in [0.1, 0.15) is 0 Å². The van der Waals surface area contributed by atoms with Crippen molar-refractivity contribution in [3.8, 4) is 0 Å². The molecule has 1 fully saturated rings. The summed E-state index contributed by atoms with van der Waals surface area (Å²) in [4.78, 5) is 13.2. The van der Waals surface area contributed by atoms with E-state index in [1.807, 2.05) is 48.5 Å². The molecule has 0 atom stereocenters. The lowest BCUT2D eigenvalue weighted by atomic mass is 10.2. The van der Waals surface area contributed by atoms with Crippen LogP contribution in [0.5, 0.6) is 0 Å². The van der Waals surface area contributed by atoms with Gasteiger partial charge in [0.25, 0.3) is 5.91 Å². The Morgan fingerprint density at radius 2 is 1.58 bits per heavy atom. The average Bonchev–Trinajstić information content (AvgIpc) is 3.12. The van der Waals surface area contributed by atoms with E-state index in [9.17, 15) is 4.79 Å². The van der Waals surface area contributed by atoms with Crippen molar-refractivity contribution in [1.29, 1.82) is 0 Å². The summed E-state index contributed by atoms with van der Waals surface area (Å²) in [5.74, 6) is -0.168. The molecular weight excluding hydrogens is 376 g/mol. The van der Waals surface area contributed by atoms with Gasteiger partial charge in [0.15, 0.2) is 8.31 Å². The fourth-order valence-corrected chi connectivity index (χ4v) is 5.56. The van der Waals surface area contributed by atoms with Gasteiger partial charge in [-0.1, -0.05) is 54.2 Å². The molecule has 118 valence electrons. The zero-order valence-corrected chi connectivity index (χ0v) is 15.5. The summed E-state index contributed by atoms with van der Waals surface area (Å²) in [6, 6.07) is 17.8. The number of carbonyl (C=O) groups excluding carboxylic acids is 1. The Kier molecular flexibility index (Phi) is 4.32. The first-order valence-corrected chi connectivity index (χ1v) is 9.93. The normalized spacial score (nSPS) is 16.3. The lowest BCUT2D eigenvalue weighted by molar-refractivity contribution is -0.122. The molecule has 24 heavy (non-hydrogen) atoms. The van der Waals surface area contributed by atoms with Gasteiger partial charge in [-0.15, -0.1) is 27.8 Å². The number of hydrogen-bond acceptors (Lipinski definition) is 6. The van der Waals surface area contributed by atoms with Crippen LogP contribution >= 0.6 is 46.7 Å². The number of hydrogen-bond donors (Lipinski definition) is 0. The second-order valence-electron chi connectivity index (χ2n) is 4.92. The Morgan fingerprint density at radius 3 is 2.25 bits per heavy atom. The maximum Gasteiger partial charge on any atom is 0.286 e. The van der Waals surface area contributed by atoms with Crippen LogP contribution in [0.25, 0.3) is 15.5 Å². The van der Waals surface area contributed by atoms with E-state index in [0.29, 0.717) is 9.23 Å². The summed E-state index contributed by atoms with van der Waals surface area (Å²) in [5, 5.41) is 5.80. The number of amides is 1. The number of fused-ring (bicyclic) bond motifs is 1. The summed E-state index contributed by atoms with van der Waals surface area (Å²) in [6.07, 6.45) is 1.85. The number of thiocarbonyl (C=S) groups is 1. The lowest BCUT2D eigenvalue weighted by Crippen LogP contribution is -2.23. The fourth-order valence-electron chi connectivity index (χ4n) is 2.20. The molecular formula is C17H10N2OS4. The van der Waals surface area contributed by atoms with Crippen molar-refractivity contribution in [1.82, 2.24) is 5.01 Å². The molecule has 3 nitrogen and oxygen atoms in total. The molecule has 4 rings (SSSR count). The number of carbonyl (C=O) groups is 1. The minimum Gasteiger partial charge on any atom is -0.266 e. The van der Waals surface area contributed by atoms with E-state index >= 15 is 0 Å². The van der Waals surface area contributed by atoms with E-state index in [0.717, 1.165) is 18.9 Å². The summed E-state index contributed by atoms with van der Waals surface area (Å²) in [7, 11) is 0. The lowest BCUT2D eigenvalue weighted by Gasteiger charge is -2.04. The summed E-state index contributed by atoms with van der Waals surface area (Å²) >= 11 is 9.75. The number of nitrogens with zero attached hydrogens (tertiary/aromatic N) is 2. The first-order chi connectivity index (χ1) is 11.7. The predicted molar refractivity (Wildman–Crippen MR) is 107 cm³/mol. The third-order valence-electron chi connectivity index (χ3n) is 3.30.